The lowest BCUT2D eigenvalue weighted by Crippen LogP contribution is -2.13. The van der Waals surface area contributed by atoms with Crippen LogP contribution in [0, 0.1) is 0 Å². The number of rotatable bonds is 5. The van der Waals surface area contributed by atoms with Crippen molar-refractivity contribution in [3.63, 3.8) is 0 Å². The lowest BCUT2D eigenvalue weighted by Gasteiger charge is -2.11. The Bertz CT molecular complexity index is 712. The number of aliphatic hydroxyl groups excluding tert-OH is 1. The van der Waals surface area contributed by atoms with Gasteiger partial charge in [-0.25, -0.2) is 8.42 Å². The van der Waals surface area contributed by atoms with Gasteiger partial charge in [-0.2, -0.15) is 0 Å². The molecule has 0 bridgehead atoms. The highest BCUT2D eigenvalue weighted by atomic mass is 79.9. The Morgan fingerprint density at radius 1 is 1.40 bits per heavy atom. The van der Waals surface area contributed by atoms with Crippen LogP contribution in [-0.4, -0.2) is 25.6 Å². The summed E-state index contributed by atoms with van der Waals surface area (Å²) in [6.45, 7) is -0.254. The summed E-state index contributed by atoms with van der Waals surface area (Å²) in [5.74, 6) is 0.412. The molecule has 0 unspecified atom stereocenters. The van der Waals surface area contributed by atoms with Crippen LogP contribution in [0.25, 0.3) is 0 Å². The van der Waals surface area contributed by atoms with Gasteiger partial charge in [-0.3, -0.25) is 4.72 Å². The third-order valence-corrected chi connectivity index (χ3v) is 4.44. The van der Waals surface area contributed by atoms with Crippen LogP contribution < -0.4 is 9.46 Å². The zero-order valence-corrected chi connectivity index (χ0v) is 13.0. The highest BCUT2D eigenvalue weighted by molar-refractivity contribution is 9.10. The topological polar surface area (TPSA) is 91.4 Å². The molecule has 0 saturated heterocycles. The molecule has 0 aliphatic carbocycles. The zero-order valence-electron chi connectivity index (χ0n) is 10.6. The molecule has 0 fully saturated rings. The predicted octanol–water partition coefficient (Wildman–Crippen LogP) is 2.08. The first-order valence-electron chi connectivity index (χ1n) is 5.61. The average molecular weight is 361 g/mol. The van der Waals surface area contributed by atoms with Crippen molar-refractivity contribution in [1.29, 1.82) is 0 Å². The third-order valence-electron chi connectivity index (χ3n) is 2.60. The number of benzene rings is 1. The van der Waals surface area contributed by atoms with Gasteiger partial charge in [-0.05, 0) is 24.3 Å². The fourth-order valence-corrected chi connectivity index (χ4v) is 3.07. The van der Waals surface area contributed by atoms with Gasteiger partial charge in [0.2, 0.25) is 0 Å². The number of anilines is 1. The maximum atomic E-state index is 12.2. The van der Waals surface area contributed by atoms with E-state index in [1.807, 2.05) is 0 Å². The molecule has 2 rings (SSSR count). The van der Waals surface area contributed by atoms with E-state index in [-0.39, 0.29) is 11.5 Å². The molecule has 108 valence electrons. The van der Waals surface area contributed by atoms with Crippen molar-refractivity contribution in [2.45, 2.75) is 11.5 Å². The molecule has 20 heavy (non-hydrogen) atoms. The predicted molar refractivity (Wildman–Crippen MR) is 78.2 cm³/mol. The van der Waals surface area contributed by atoms with E-state index in [2.05, 4.69) is 25.6 Å². The molecular formula is C12H13BrN2O4S. The highest BCUT2D eigenvalue weighted by Gasteiger charge is 2.18. The van der Waals surface area contributed by atoms with E-state index in [9.17, 15) is 8.42 Å². The number of aromatic nitrogens is 1. The number of methoxy groups -OCH3 is 1. The van der Waals surface area contributed by atoms with Crippen molar-refractivity contribution in [3.05, 3.63) is 40.6 Å². The van der Waals surface area contributed by atoms with Crippen molar-refractivity contribution in [3.8, 4) is 5.75 Å². The monoisotopic (exact) mass is 360 g/mol. The normalized spacial score (nSPS) is 11.3. The number of sulfonamides is 1. The maximum Gasteiger partial charge on any atom is 0.263 e. The SMILES string of the molecule is COc1ccc(Br)cc1NS(=O)(=O)c1c[nH]c(CO)c1. The summed E-state index contributed by atoms with van der Waals surface area (Å²) in [4.78, 5) is 2.72. The van der Waals surface area contributed by atoms with Crippen molar-refractivity contribution in [2.75, 3.05) is 11.8 Å². The molecule has 0 aliphatic heterocycles. The Labute approximate surface area is 125 Å². The summed E-state index contributed by atoms with van der Waals surface area (Å²) < 4.78 is 32.7. The molecule has 8 heteroatoms. The van der Waals surface area contributed by atoms with Crippen LogP contribution >= 0.6 is 15.9 Å². The van der Waals surface area contributed by atoms with E-state index in [4.69, 9.17) is 9.84 Å². The Balaban J connectivity index is 2.35. The summed E-state index contributed by atoms with van der Waals surface area (Å²) in [5.41, 5.74) is 0.750. The minimum Gasteiger partial charge on any atom is -0.495 e. The van der Waals surface area contributed by atoms with E-state index in [0.717, 1.165) is 4.47 Å². The number of aliphatic hydroxyl groups is 1. The largest absolute Gasteiger partial charge is 0.495 e. The quantitative estimate of drug-likeness (QED) is 0.761. The Morgan fingerprint density at radius 3 is 2.75 bits per heavy atom. The van der Waals surface area contributed by atoms with Crippen LogP contribution in [0.15, 0.2) is 39.8 Å². The molecule has 0 saturated carbocycles. The van der Waals surface area contributed by atoms with Gasteiger partial charge in [0.15, 0.2) is 0 Å². The second kappa shape index (κ2) is 5.86. The van der Waals surface area contributed by atoms with E-state index in [1.165, 1.54) is 19.4 Å². The minimum atomic E-state index is -3.75. The molecule has 6 nitrogen and oxygen atoms in total. The fraction of sp³-hybridized carbons (Fsp3) is 0.167. The van der Waals surface area contributed by atoms with Crippen LogP contribution in [0.4, 0.5) is 5.69 Å². The molecule has 2 aromatic rings. The number of nitrogens with one attached hydrogen (secondary N) is 2. The lowest BCUT2D eigenvalue weighted by atomic mass is 10.3. The number of hydrogen-bond donors (Lipinski definition) is 3. The van der Waals surface area contributed by atoms with E-state index in [0.29, 0.717) is 17.1 Å². The van der Waals surface area contributed by atoms with Gasteiger partial charge in [-0.1, -0.05) is 15.9 Å². The van der Waals surface area contributed by atoms with E-state index >= 15 is 0 Å². The molecular weight excluding hydrogens is 348 g/mol. The van der Waals surface area contributed by atoms with Crippen molar-refractivity contribution < 1.29 is 18.3 Å². The molecule has 1 heterocycles. The first-order valence-corrected chi connectivity index (χ1v) is 7.88. The van der Waals surface area contributed by atoms with Gasteiger partial charge < -0.3 is 14.8 Å². The molecule has 1 aromatic carbocycles. The number of aromatic amines is 1. The van der Waals surface area contributed by atoms with Crippen molar-refractivity contribution in [1.82, 2.24) is 4.98 Å². The molecule has 0 spiro atoms. The molecule has 1 aromatic heterocycles. The molecule has 0 amide bonds. The highest BCUT2D eigenvalue weighted by Crippen LogP contribution is 2.30. The molecule has 0 aliphatic rings. The zero-order chi connectivity index (χ0) is 14.8. The minimum absolute atomic E-state index is 0.0450. The summed E-state index contributed by atoms with van der Waals surface area (Å²) >= 11 is 3.27. The number of hydrogen-bond acceptors (Lipinski definition) is 4. The Hall–Kier alpha value is -1.51. The fourth-order valence-electron chi connectivity index (χ4n) is 1.63. The van der Waals surface area contributed by atoms with Gasteiger partial charge >= 0.3 is 0 Å². The number of halogens is 1. The van der Waals surface area contributed by atoms with Crippen molar-refractivity contribution in [2.24, 2.45) is 0 Å². The standard InChI is InChI=1S/C12H13BrN2O4S/c1-19-12-3-2-8(13)4-11(12)15-20(17,18)10-5-9(7-16)14-6-10/h2-6,14-16H,7H2,1H3. The van der Waals surface area contributed by atoms with Gasteiger partial charge in [-0.15, -0.1) is 0 Å². The smallest absolute Gasteiger partial charge is 0.263 e. The van der Waals surface area contributed by atoms with Crippen molar-refractivity contribution >= 4 is 31.6 Å². The average Bonchev–Trinajstić information content (AvgIpc) is 2.88. The van der Waals surface area contributed by atoms with Crippen LogP contribution in [0.3, 0.4) is 0 Å². The van der Waals surface area contributed by atoms with E-state index in [1.54, 1.807) is 18.2 Å². The third kappa shape index (κ3) is 3.14. The summed E-state index contributed by atoms with van der Waals surface area (Å²) in [5, 5.41) is 8.95. The molecule has 0 radical (unpaired) electrons. The lowest BCUT2D eigenvalue weighted by molar-refractivity contribution is 0.277. The Morgan fingerprint density at radius 2 is 2.15 bits per heavy atom. The number of ether oxygens (including phenoxy) is 1. The van der Waals surface area contributed by atoms with Crippen LogP contribution in [0.5, 0.6) is 5.75 Å². The second-order valence-corrected chi connectivity index (χ2v) is 6.57. The van der Waals surface area contributed by atoms with Crippen LogP contribution in [0.1, 0.15) is 5.69 Å². The van der Waals surface area contributed by atoms with E-state index < -0.39 is 10.0 Å². The summed E-state index contributed by atoms with van der Waals surface area (Å²) in [6, 6.07) is 6.37. The first-order chi connectivity index (χ1) is 9.46. The molecule has 0 atom stereocenters. The summed E-state index contributed by atoms with van der Waals surface area (Å²) in [6.07, 6.45) is 1.32. The van der Waals surface area contributed by atoms with Gasteiger partial charge in [0.1, 0.15) is 10.6 Å². The molecule has 3 N–H and O–H groups in total. The van der Waals surface area contributed by atoms with Gasteiger partial charge in [0, 0.05) is 16.4 Å². The van der Waals surface area contributed by atoms with Gasteiger partial charge in [0.25, 0.3) is 10.0 Å². The van der Waals surface area contributed by atoms with Gasteiger partial charge in [0.05, 0.1) is 19.4 Å². The first kappa shape index (κ1) is 14.9. The Kier molecular flexibility index (Phi) is 4.36. The number of H-pyrrole nitrogens is 1. The second-order valence-electron chi connectivity index (χ2n) is 3.97. The maximum absolute atomic E-state index is 12.2. The van der Waals surface area contributed by atoms with Crippen LogP contribution in [-0.2, 0) is 16.6 Å². The van der Waals surface area contributed by atoms with Crippen LogP contribution in [0.2, 0.25) is 0 Å². The summed E-state index contributed by atoms with van der Waals surface area (Å²) in [7, 11) is -2.29.